The van der Waals surface area contributed by atoms with Gasteiger partial charge in [-0.3, -0.25) is 9.78 Å². The van der Waals surface area contributed by atoms with Gasteiger partial charge in [0.2, 0.25) is 0 Å². The van der Waals surface area contributed by atoms with E-state index in [2.05, 4.69) is 15.3 Å². The van der Waals surface area contributed by atoms with E-state index in [0.29, 0.717) is 10.7 Å². The molecule has 0 atom stereocenters. The van der Waals surface area contributed by atoms with Gasteiger partial charge in [0.15, 0.2) is 0 Å². The minimum absolute atomic E-state index is 0.0966. The summed E-state index contributed by atoms with van der Waals surface area (Å²) >= 11 is 1.01. The van der Waals surface area contributed by atoms with Gasteiger partial charge < -0.3 is 15.5 Å². The van der Waals surface area contributed by atoms with Crippen LogP contribution in [0.5, 0.6) is 5.75 Å². The van der Waals surface area contributed by atoms with E-state index in [0.717, 1.165) is 11.3 Å². The van der Waals surface area contributed by atoms with Crippen LogP contribution in [0.4, 0.5) is 0 Å². The molecule has 3 N–H and O–H groups in total. The first-order valence-electron chi connectivity index (χ1n) is 5.60. The quantitative estimate of drug-likeness (QED) is 0.780. The highest BCUT2D eigenvalue weighted by molar-refractivity contribution is 7.13. The first-order valence-corrected chi connectivity index (χ1v) is 6.41. The van der Waals surface area contributed by atoms with E-state index < -0.39 is 11.9 Å². The third kappa shape index (κ3) is 2.91. The van der Waals surface area contributed by atoms with E-state index in [1.54, 1.807) is 6.92 Å². The van der Waals surface area contributed by atoms with Crippen molar-refractivity contribution in [2.75, 3.05) is 0 Å². The highest BCUT2D eigenvalue weighted by Gasteiger charge is 2.15. The SMILES string of the molecule is Cc1nc(CNC(=O)c2ccncc2O)sc1C(=O)O. The second kappa shape index (κ2) is 5.66. The Bertz CT molecular complexity index is 668. The number of pyridine rings is 1. The average molecular weight is 293 g/mol. The molecule has 7 nitrogen and oxygen atoms in total. The first kappa shape index (κ1) is 13.9. The molecule has 0 saturated heterocycles. The largest absolute Gasteiger partial charge is 0.505 e. The molecular weight excluding hydrogens is 282 g/mol. The number of aromatic hydroxyl groups is 1. The molecule has 104 valence electrons. The summed E-state index contributed by atoms with van der Waals surface area (Å²) in [5.74, 6) is -1.73. The summed E-state index contributed by atoms with van der Waals surface area (Å²) in [5, 5.41) is 21.5. The van der Waals surface area contributed by atoms with Gasteiger partial charge in [-0.05, 0) is 13.0 Å². The molecule has 2 aromatic rings. The van der Waals surface area contributed by atoms with E-state index in [1.807, 2.05) is 0 Å². The molecule has 0 saturated carbocycles. The van der Waals surface area contributed by atoms with Crippen molar-refractivity contribution < 1.29 is 19.8 Å². The lowest BCUT2D eigenvalue weighted by atomic mass is 10.2. The number of carboxylic acids is 1. The normalized spacial score (nSPS) is 10.2. The predicted octanol–water partition coefficient (Wildman–Crippen LogP) is 1.18. The maximum atomic E-state index is 11.8. The van der Waals surface area contributed by atoms with Crippen LogP contribution < -0.4 is 5.32 Å². The summed E-state index contributed by atoms with van der Waals surface area (Å²) in [6, 6.07) is 1.39. The highest BCUT2D eigenvalue weighted by Crippen LogP contribution is 2.18. The standard InChI is InChI=1S/C12H11N3O4S/c1-6-10(12(18)19)20-9(15-6)5-14-11(17)7-2-3-13-4-8(7)16/h2-4,16H,5H2,1H3,(H,14,17)(H,18,19). The summed E-state index contributed by atoms with van der Waals surface area (Å²) in [7, 11) is 0. The average Bonchev–Trinajstić information content (AvgIpc) is 2.78. The van der Waals surface area contributed by atoms with Gasteiger partial charge in [-0.2, -0.15) is 0 Å². The van der Waals surface area contributed by atoms with Crippen LogP contribution in [0.15, 0.2) is 18.5 Å². The molecule has 0 spiro atoms. The summed E-state index contributed by atoms with van der Waals surface area (Å²) in [6.07, 6.45) is 2.57. The van der Waals surface area contributed by atoms with Crippen molar-refractivity contribution in [3.8, 4) is 5.75 Å². The van der Waals surface area contributed by atoms with Crippen LogP contribution in [0.2, 0.25) is 0 Å². The Hall–Kier alpha value is -2.48. The van der Waals surface area contributed by atoms with Crippen molar-refractivity contribution in [2.45, 2.75) is 13.5 Å². The molecule has 0 bridgehead atoms. The summed E-state index contributed by atoms with van der Waals surface area (Å²) in [4.78, 5) is 30.6. The van der Waals surface area contributed by atoms with Gasteiger partial charge in [0, 0.05) is 6.20 Å². The fraction of sp³-hybridized carbons (Fsp3) is 0.167. The van der Waals surface area contributed by atoms with Crippen LogP contribution in [0.25, 0.3) is 0 Å². The number of aromatic nitrogens is 2. The van der Waals surface area contributed by atoms with Crippen molar-refractivity contribution in [2.24, 2.45) is 0 Å². The van der Waals surface area contributed by atoms with Crippen LogP contribution in [-0.4, -0.2) is 32.1 Å². The number of carbonyl (C=O) groups excluding carboxylic acids is 1. The van der Waals surface area contributed by atoms with Gasteiger partial charge in [-0.1, -0.05) is 0 Å². The molecule has 0 unspecified atom stereocenters. The zero-order valence-electron chi connectivity index (χ0n) is 10.5. The number of thiazole rings is 1. The number of aromatic carboxylic acids is 1. The Balaban J connectivity index is 2.06. The molecule has 20 heavy (non-hydrogen) atoms. The molecule has 1 amide bonds. The Morgan fingerprint density at radius 3 is 2.80 bits per heavy atom. The molecular formula is C12H11N3O4S. The predicted molar refractivity (Wildman–Crippen MR) is 70.9 cm³/mol. The van der Waals surface area contributed by atoms with Crippen molar-refractivity contribution in [1.29, 1.82) is 0 Å². The van der Waals surface area contributed by atoms with E-state index in [1.165, 1.54) is 18.5 Å². The lowest BCUT2D eigenvalue weighted by Gasteiger charge is -2.04. The zero-order chi connectivity index (χ0) is 14.7. The maximum absolute atomic E-state index is 11.8. The molecule has 0 fully saturated rings. The third-order valence-corrected chi connectivity index (χ3v) is 3.63. The first-order chi connectivity index (χ1) is 9.49. The number of rotatable bonds is 4. The fourth-order valence-electron chi connectivity index (χ4n) is 1.56. The van der Waals surface area contributed by atoms with Gasteiger partial charge in [-0.25, -0.2) is 9.78 Å². The number of nitrogens with one attached hydrogen (secondary N) is 1. The van der Waals surface area contributed by atoms with Crippen LogP contribution >= 0.6 is 11.3 Å². The van der Waals surface area contributed by atoms with Gasteiger partial charge >= 0.3 is 5.97 Å². The Kier molecular flexibility index (Phi) is 3.94. The van der Waals surface area contributed by atoms with Gasteiger partial charge in [-0.15, -0.1) is 11.3 Å². The van der Waals surface area contributed by atoms with Crippen LogP contribution in [0.3, 0.4) is 0 Å². The molecule has 2 aromatic heterocycles. The lowest BCUT2D eigenvalue weighted by Crippen LogP contribution is -2.22. The van der Waals surface area contributed by atoms with Crippen LogP contribution in [-0.2, 0) is 6.54 Å². The number of hydrogen-bond acceptors (Lipinski definition) is 6. The highest BCUT2D eigenvalue weighted by atomic mass is 32.1. The molecule has 2 heterocycles. The summed E-state index contributed by atoms with van der Waals surface area (Å²) in [5.41, 5.74) is 0.519. The topological polar surface area (TPSA) is 112 Å². The number of nitrogens with zero attached hydrogens (tertiary/aromatic N) is 2. The lowest BCUT2D eigenvalue weighted by molar-refractivity contribution is 0.0701. The number of carbonyl (C=O) groups is 2. The number of aryl methyl sites for hydroxylation is 1. The smallest absolute Gasteiger partial charge is 0.347 e. The Morgan fingerprint density at radius 2 is 2.20 bits per heavy atom. The van der Waals surface area contributed by atoms with Crippen molar-refractivity contribution in [1.82, 2.24) is 15.3 Å². The third-order valence-electron chi connectivity index (χ3n) is 2.48. The monoisotopic (exact) mass is 293 g/mol. The Labute approximate surface area is 117 Å². The Morgan fingerprint density at radius 1 is 1.45 bits per heavy atom. The van der Waals surface area contributed by atoms with E-state index in [-0.39, 0.29) is 22.7 Å². The molecule has 0 radical (unpaired) electrons. The summed E-state index contributed by atoms with van der Waals surface area (Å²) < 4.78 is 0. The van der Waals surface area contributed by atoms with Gasteiger partial charge in [0.1, 0.15) is 15.6 Å². The van der Waals surface area contributed by atoms with Crippen LogP contribution in [0, 0.1) is 6.92 Å². The second-order valence-corrected chi connectivity index (χ2v) is 4.99. The van der Waals surface area contributed by atoms with E-state index >= 15 is 0 Å². The van der Waals surface area contributed by atoms with Crippen LogP contribution in [0.1, 0.15) is 30.7 Å². The number of amides is 1. The van der Waals surface area contributed by atoms with Crippen molar-refractivity contribution in [3.63, 3.8) is 0 Å². The minimum atomic E-state index is -1.04. The van der Waals surface area contributed by atoms with E-state index in [4.69, 9.17) is 5.11 Å². The van der Waals surface area contributed by atoms with Gasteiger partial charge in [0.05, 0.1) is 24.0 Å². The zero-order valence-corrected chi connectivity index (χ0v) is 11.3. The maximum Gasteiger partial charge on any atom is 0.347 e. The molecule has 2 rings (SSSR count). The molecule has 8 heteroatoms. The molecule has 0 aliphatic carbocycles. The molecule has 0 aliphatic rings. The summed E-state index contributed by atoms with van der Waals surface area (Å²) in [6.45, 7) is 1.69. The minimum Gasteiger partial charge on any atom is -0.505 e. The number of carboxylic acid groups (broad SMARTS) is 1. The van der Waals surface area contributed by atoms with E-state index in [9.17, 15) is 14.7 Å². The van der Waals surface area contributed by atoms with Gasteiger partial charge in [0.25, 0.3) is 5.91 Å². The molecule has 0 aliphatic heterocycles. The molecule has 0 aromatic carbocycles. The van der Waals surface area contributed by atoms with Crippen molar-refractivity contribution >= 4 is 23.2 Å². The number of hydrogen-bond donors (Lipinski definition) is 3. The van der Waals surface area contributed by atoms with Crippen molar-refractivity contribution in [3.05, 3.63) is 39.6 Å². The second-order valence-electron chi connectivity index (χ2n) is 3.90. The fourth-order valence-corrected chi connectivity index (χ4v) is 2.40.